The molecule has 3 heteroatoms. The second kappa shape index (κ2) is 6.17. The third kappa shape index (κ3) is 3.16. The molecule has 0 radical (unpaired) electrons. The molecule has 3 nitrogen and oxygen atoms in total. The van der Waals surface area contributed by atoms with Crippen LogP contribution in [0.15, 0.2) is 0 Å². The Kier molecular flexibility index (Phi) is 4.25. The topological polar surface area (TPSA) is 32.7 Å². The van der Waals surface area contributed by atoms with Crippen molar-refractivity contribution in [2.45, 2.75) is 63.6 Å². The van der Waals surface area contributed by atoms with Gasteiger partial charge in [0.05, 0.1) is 18.8 Å². The number of piperidine rings is 1. The molecule has 120 valence electrons. The lowest BCUT2D eigenvalue weighted by Crippen LogP contribution is -2.50. The number of hydrogen-bond donors (Lipinski definition) is 1. The van der Waals surface area contributed by atoms with Gasteiger partial charge in [-0.15, -0.1) is 0 Å². The fourth-order valence-electron chi connectivity index (χ4n) is 5.86. The van der Waals surface area contributed by atoms with E-state index in [9.17, 15) is 5.11 Å². The SMILES string of the molecule is O[C@@H](COC1C2CC3CC(C2)CC1C3)CN1CCCCC1. The van der Waals surface area contributed by atoms with E-state index < -0.39 is 0 Å². The quantitative estimate of drug-likeness (QED) is 0.846. The van der Waals surface area contributed by atoms with E-state index in [-0.39, 0.29) is 6.10 Å². The van der Waals surface area contributed by atoms with E-state index in [1.165, 1.54) is 51.4 Å². The third-order valence-corrected chi connectivity index (χ3v) is 6.54. The number of likely N-dealkylation sites (tertiary alicyclic amines) is 1. The maximum Gasteiger partial charge on any atom is 0.0900 e. The van der Waals surface area contributed by atoms with Crippen LogP contribution in [0.25, 0.3) is 0 Å². The van der Waals surface area contributed by atoms with E-state index in [1.807, 2.05) is 0 Å². The monoisotopic (exact) mass is 293 g/mol. The van der Waals surface area contributed by atoms with Gasteiger partial charge in [0.1, 0.15) is 0 Å². The highest BCUT2D eigenvalue weighted by Gasteiger charge is 2.48. The van der Waals surface area contributed by atoms with E-state index in [0.717, 1.165) is 43.3 Å². The highest BCUT2D eigenvalue weighted by Crippen LogP contribution is 2.54. The molecular weight excluding hydrogens is 262 g/mol. The minimum absolute atomic E-state index is 0.291. The molecule has 0 unspecified atom stereocenters. The average Bonchev–Trinajstić information content (AvgIpc) is 2.47. The second-order valence-electron chi connectivity index (χ2n) is 8.24. The summed E-state index contributed by atoms with van der Waals surface area (Å²) in [5.41, 5.74) is 0. The molecule has 0 aromatic heterocycles. The maximum atomic E-state index is 10.3. The summed E-state index contributed by atoms with van der Waals surface area (Å²) >= 11 is 0. The lowest BCUT2D eigenvalue weighted by atomic mass is 9.55. The third-order valence-electron chi connectivity index (χ3n) is 6.54. The van der Waals surface area contributed by atoms with Crippen molar-refractivity contribution < 1.29 is 9.84 Å². The standard InChI is InChI=1S/C18H31NO2/c20-17(11-19-4-2-1-3-5-19)12-21-18-15-7-13-6-14(9-15)10-16(18)8-13/h13-18,20H,1-12H2/t13?,14?,15?,16?,17-,18?/m1/s1. The Morgan fingerprint density at radius 2 is 1.52 bits per heavy atom. The van der Waals surface area contributed by atoms with Gasteiger partial charge in [-0.25, -0.2) is 0 Å². The van der Waals surface area contributed by atoms with Gasteiger partial charge in [0.2, 0.25) is 0 Å². The maximum absolute atomic E-state index is 10.3. The summed E-state index contributed by atoms with van der Waals surface area (Å²) in [6.45, 7) is 3.70. The van der Waals surface area contributed by atoms with Crippen molar-refractivity contribution in [2.75, 3.05) is 26.2 Å². The number of aliphatic hydroxyl groups excluding tert-OH is 1. The van der Waals surface area contributed by atoms with Crippen LogP contribution in [-0.2, 0) is 4.74 Å². The Morgan fingerprint density at radius 1 is 0.905 bits per heavy atom. The predicted octanol–water partition coefficient (Wildman–Crippen LogP) is 2.67. The molecule has 0 amide bonds. The minimum atomic E-state index is -0.291. The van der Waals surface area contributed by atoms with Crippen molar-refractivity contribution in [1.82, 2.24) is 4.90 Å². The van der Waals surface area contributed by atoms with Crippen LogP contribution in [0.5, 0.6) is 0 Å². The number of nitrogens with zero attached hydrogens (tertiary/aromatic N) is 1. The van der Waals surface area contributed by atoms with Crippen LogP contribution in [0.1, 0.15) is 51.4 Å². The van der Waals surface area contributed by atoms with E-state index >= 15 is 0 Å². The molecule has 1 N–H and O–H groups in total. The van der Waals surface area contributed by atoms with E-state index in [1.54, 1.807) is 0 Å². The zero-order valence-electron chi connectivity index (χ0n) is 13.3. The van der Waals surface area contributed by atoms with Gasteiger partial charge >= 0.3 is 0 Å². The lowest BCUT2D eigenvalue weighted by molar-refractivity contribution is -0.141. The first kappa shape index (κ1) is 14.5. The molecule has 5 aliphatic rings. The van der Waals surface area contributed by atoms with Gasteiger partial charge in [-0.3, -0.25) is 0 Å². The molecule has 4 bridgehead atoms. The Labute approximate surface area is 129 Å². The summed E-state index contributed by atoms with van der Waals surface area (Å²) in [5, 5.41) is 10.3. The van der Waals surface area contributed by atoms with E-state index in [4.69, 9.17) is 4.74 Å². The molecule has 1 saturated heterocycles. The van der Waals surface area contributed by atoms with Crippen molar-refractivity contribution in [3.05, 3.63) is 0 Å². The number of rotatable bonds is 5. The van der Waals surface area contributed by atoms with Gasteiger partial charge in [0, 0.05) is 6.54 Å². The largest absolute Gasteiger partial charge is 0.389 e. The van der Waals surface area contributed by atoms with Crippen molar-refractivity contribution in [2.24, 2.45) is 23.7 Å². The number of β-amino-alcohol motifs (C(OH)–C–C–N with tert-alkyl or cyclic N) is 1. The molecule has 0 spiro atoms. The molecule has 5 fully saturated rings. The number of ether oxygens (including phenoxy) is 1. The molecule has 1 atom stereocenters. The summed E-state index contributed by atoms with van der Waals surface area (Å²) in [4.78, 5) is 2.41. The van der Waals surface area contributed by atoms with Crippen molar-refractivity contribution >= 4 is 0 Å². The fourth-order valence-corrected chi connectivity index (χ4v) is 5.86. The van der Waals surface area contributed by atoms with Crippen LogP contribution in [0.4, 0.5) is 0 Å². The van der Waals surface area contributed by atoms with Gasteiger partial charge in [-0.1, -0.05) is 6.42 Å². The summed E-state index contributed by atoms with van der Waals surface area (Å²) in [7, 11) is 0. The van der Waals surface area contributed by atoms with Crippen LogP contribution >= 0.6 is 0 Å². The summed E-state index contributed by atoms with van der Waals surface area (Å²) in [5.74, 6) is 3.63. The zero-order chi connectivity index (χ0) is 14.2. The molecule has 0 aromatic rings. The second-order valence-corrected chi connectivity index (χ2v) is 8.24. The highest BCUT2D eigenvalue weighted by molar-refractivity contribution is 4.99. The lowest BCUT2D eigenvalue weighted by Gasteiger charge is -2.54. The number of aliphatic hydroxyl groups is 1. The van der Waals surface area contributed by atoms with Gasteiger partial charge in [-0.05, 0) is 81.7 Å². The van der Waals surface area contributed by atoms with Crippen molar-refractivity contribution in [3.63, 3.8) is 0 Å². The van der Waals surface area contributed by atoms with Gasteiger partial charge in [-0.2, -0.15) is 0 Å². The molecule has 21 heavy (non-hydrogen) atoms. The molecule has 1 heterocycles. The van der Waals surface area contributed by atoms with Crippen LogP contribution in [0.2, 0.25) is 0 Å². The van der Waals surface area contributed by atoms with Crippen LogP contribution in [0, 0.1) is 23.7 Å². The first-order chi connectivity index (χ1) is 10.3. The Hall–Kier alpha value is -0.120. The normalized spacial score (nSPS) is 44.1. The first-order valence-corrected chi connectivity index (χ1v) is 9.30. The van der Waals surface area contributed by atoms with E-state index in [0.29, 0.717) is 12.7 Å². The molecule has 1 aliphatic heterocycles. The zero-order valence-corrected chi connectivity index (χ0v) is 13.3. The molecule has 5 rings (SSSR count). The summed E-state index contributed by atoms with van der Waals surface area (Å²) < 4.78 is 6.25. The summed E-state index contributed by atoms with van der Waals surface area (Å²) in [6, 6.07) is 0. The van der Waals surface area contributed by atoms with Crippen molar-refractivity contribution in [1.29, 1.82) is 0 Å². The minimum Gasteiger partial charge on any atom is -0.389 e. The van der Waals surface area contributed by atoms with Crippen LogP contribution in [0.3, 0.4) is 0 Å². The molecular formula is C18H31NO2. The van der Waals surface area contributed by atoms with Gasteiger partial charge in [0.25, 0.3) is 0 Å². The smallest absolute Gasteiger partial charge is 0.0900 e. The van der Waals surface area contributed by atoms with Crippen molar-refractivity contribution in [3.8, 4) is 0 Å². The van der Waals surface area contributed by atoms with Gasteiger partial charge < -0.3 is 14.7 Å². The van der Waals surface area contributed by atoms with Crippen LogP contribution < -0.4 is 0 Å². The van der Waals surface area contributed by atoms with Gasteiger partial charge in [0.15, 0.2) is 0 Å². The van der Waals surface area contributed by atoms with Crippen LogP contribution in [-0.4, -0.2) is 48.5 Å². The first-order valence-electron chi connectivity index (χ1n) is 9.30. The Morgan fingerprint density at radius 3 is 2.14 bits per heavy atom. The Balaban J connectivity index is 1.25. The average molecular weight is 293 g/mol. The summed E-state index contributed by atoms with van der Waals surface area (Å²) in [6.07, 6.45) is 11.2. The highest BCUT2D eigenvalue weighted by atomic mass is 16.5. The molecule has 4 saturated carbocycles. The predicted molar refractivity (Wildman–Crippen MR) is 83.1 cm³/mol. The Bertz CT molecular complexity index is 325. The molecule has 4 aliphatic carbocycles. The number of hydrogen-bond acceptors (Lipinski definition) is 3. The fraction of sp³-hybridized carbons (Fsp3) is 1.00. The van der Waals surface area contributed by atoms with E-state index in [2.05, 4.69) is 4.90 Å². The molecule has 0 aromatic carbocycles.